The van der Waals surface area contributed by atoms with E-state index in [-0.39, 0.29) is 5.41 Å². The molecule has 20 heavy (non-hydrogen) atoms. The van der Waals surface area contributed by atoms with Gasteiger partial charge >= 0.3 is 0 Å². The predicted octanol–water partition coefficient (Wildman–Crippen LogP) is 6.22. The summed E-state index contributed by atoms with van der Waals surface area (Å²) < 4.78 is 0. The molecule has 0 N–H and O–H groups in total. The van der Waals surface area contributed by atoms with Crippen molar-refractivity contribution in [2.75, 3.05) is 0 Å². The number of halogens is 1. The van der Waals surface area contributed by atoms with Crippen LogP contribution >= 0.6 is 11.6 Å². The van der Waals surface area contributed by atoms with Crippen LogP contribution in [-0.4, -0.2) is 0 Å². The zero-order valence-corrected chi connectivity index (χ0v) is 12.9. The van der Waals surface area contributed by atoms with Gasteiger partial charge in [-0.25, -0.2) is 0 Å². The third-order valence-corrected chi connectivity index (χ3v) is 3.29. The first-order chi connectivity index (χ1) is 9.47. The number of hydrogen-bond donors (Lipinski definition) is 0. The van der Waals surface area contributed by atoms with Crippen LogP contribution < -0.4 is 0 Å². The average Bonchev–Trinajstić information content (AvgIpc) is 2.40. The predicted molar refractivity (Wildman–Crippen MR) is 88.9 cm³/mol. The van der Waals surface area contributed by atoms with Crippen molar-refractivity contribution >= 4 is 17.7 Å². The van der Waals surface area contributed by atoms with Gasteiger partial charge < -0.3 is 0 Å². The Balaban J connectivity index is 2.41. The van der Waals surface area contributed by atoms with Crippen molar-refractivity contribution in [3.8, 4) is 11.1 Å². The molecule has 0 saturated carbocycles. The van der Waals surface area contributed by atoms with Gasteiger partial charge in [-0.1, -0.05) is 80.9 Å². The van der Waals surface area contributed by atoms with Crippen molar-refractivity contribution in [1.29, 1.82) is 0 Å². The Morgan fingerprint density at radius 3 is 2.30 bits per heavy atom. The molecule has 0 heterocycles. The topological polar surface area (TPSA) is 0 Å². The van der Waals surface area contributed by atoms with Crippen molar-refractivity contribution in [3.63, 3.8) is 0 Å². The second-order valence-electron chi connectivity index (χ2n) is 5.90. The van der Waals surface area contributed by atoms with E-state index in [1.807, 2.05) is 42.5 Å². The van der Waals surface area contributed by atoms with Crippen molar-refractivity contribution in [2.45, 2.75) is 20.8 Å². The highest BCUT2D eigenvalue weighted by molar-refractivity contribution is 6.34. The van der Waals surface area contributed by atoms with Crippen molar-refractivity contribution < 1.29 is 0 Å². The second kappa shape index (κ2) is 6.13. The summed E-state index contributed by atoms with van der Waals surface area (Å²) in [6.07, 6.45) is 4.00. The quantitative estimate of drug-likeness (QED) is 0.574. The van der Waals surface area contributed by atoms with Crippen LogP contribution in [0.3, 0.4) is 0 Å². The lowest BCUT2D eigenvalue weighted by molar-refractivity contribution is 0.545. The third kappa shape index (κ3) is 3.87. The number of allylic oxidation sites excluding steroid dienone is 1. The van der Waals surface area contributed by atoms with E-state index in [9.17, 15) is 0 Å². The van der Waals surface area contributed by atoms with E-state index in [1.165, 1.54) is 0 Å². The van der Waals surface area contributed by atoms with E-state index in [1.54, 1.807) is 0 Å². The molecular weight excluding hydrogens is 264 g/mol. The molecule has 0 aromatic heterocycles. The standard InChI is InChI=1S/C19H19Cl/c1-19(2,3)14-8-12-16-11-7-13-17(18(16)20)15-9-5-4-6-10-15/h4-7,9-14H,1-3H3. The van der Waals surface area contributed by atoms with Crippen LogP contribution in [0, 0.1) is 5.41 Å². The Labute approximate surface area is 126 Å². The zero-order valence-electron chi connectivity index (χ0n) is 12.2. The van der Waals surface area contributed by atoms with Crippen LogP contribution in [0.4, 0.5) is 0 Å². The first-order valence-corrected chi connectivity index (χ1v) is 7.13. The minimum atomic E-state index is 0.125. The highest BCUT2D eigenvalue weighted by Gasteiger charge is 2.06. The fraction of sp³-hybridized carbons (Fsp3) is 0.211. The lowest BCUT2D eigenvalue weighted by atomic mass is 9.97. The first-order valence-electron chi connectivity index (χ1n) is 6.75. The van der Waals surface area contributed by atoms with E-state index < -0.39 is 0 Å². The molecule has 2 rings (SSSR count). The van der Waals surface area contributed by atoms with Crippen LogP contribution in [0.2, 0.25) is 5.02 Å². The molecule has 2 aromatic carbocycles. The molecule has 0 radical (unpaired) electrons. The molecular formula is C19H19Cl. The summed E-state index contributed by atoms with van der Waals surface area (Å²) in [5, 5.41) is 0.772. The SMILES string of the molecule is CC(C)(C)C=C=Cc1cccc(-c2ccccc2)c1Cl. The third-order valence-electron chi connectivity index (χ3n) is 2.87. The van der Waals surface area contributed by atoms with Gasteiger partial charge in [-0.15, -0.1) is 5.73 Å². The van der Waals surface area contributed by atoms with E-state index in [4.69, 9.17) is 11.6 Å². The molecule has 102 valence electrons. The highest BCUT2D eigenvalue weighted by Crippen LogP contribution is 2.31. The number of benzene rings is 2. The summed E-state index contributed by atoms with van der Waals surface area (Å²) in [6, 6.07) is 16.3. The van der Waals surface area contributed by atoms with E-state index in [2.05, 4.69) is 44.7 Å². The average molecular weight is 283 g/mol. The van der Waals surface area contributed by atoms with Gasteiger partial charge in [0.05, 0.1) is 5.02 Å². The Morgan fingerprint density at radius 2 is 1.65 bits per heavy atom. The van der Waals surface area contributed by atoms with E-state index in [0.29, 0.717) is 0 Å². The summed E-state index contributed by atoms with van der Waals surface area (Å²) in [7, 11) is 0. The molecule has 0 nitrogen and oxygen atoms in total. The lowest BCUT2D eigenvalue weighted by Gasteiger charge is -2.09. The number of hydrogen-bond acceptors (Lipinski definition) is 0. The minimum absolute atomic E-state index is 0.125. The van der Waals surface area contributed by atoms with Gasteiger partial charge in [0.2, 0.25) is 0 Å². The Bertz CT molecular complexity index is 639. The Morgan fingerprint density at radius 1 is 0.950 bits per heavy atom. The minimum Gasteiger partial charge on any atom is -0.124 e. The molecule has 0 aliphatic rings. The molecule has 0 bridgehead atoms. The molecule has 0 amide bonds. The molecule has 0 aliphatic carbocycles. The molecule has 0 unspecified atom stereocenters. The maximum atomic E-state index is 6.51. The van der Waals surface area contributed by atoms with E-state index >= 15 is 0 Å². The molecule has 1 heteroatoms. The molecule has 2 aromatic rings. The molecule has 0 atom stereocenters. The normalized spacial score (nSPS) is 10.8. The van der Waals surface area contributed by atoms with Crippen LogP contribution in [0.5, 0.6) is 0 Å². The largest absolute Gasteiger partial charge is 0.124 e. The summed E-state index contributed by atoms with van der Waals surface area (Å²) in [5.74, 6) is 0. The summed E-state index contributed by atoms with van der Waals surface area (Å²) in [5.41, 5.74) is 6.53. The molecule has 0 fully saturated rings. The van der Waals surface area contributed by atoms with Crippen molar-refractivity contribution in [1.82, 2.24) is 0 Å². The van der Waals surface area contributed by atoms with Crippen LogP contribution in [-0.2, 0) is 0 Å². The van der Waals surface area contributed by atoms with Crippen LogP contribution in [0.25, 0.3) is 17.2 Å². The van der Waals surface area contributed by atoms with Gasteiger partial charge in [-0.05, 0) is 23.1 Å². The van der Waals surface area contributed by atoms with Gasteiger partial charge in [-0.2, -0.15) is 0 Å². The van der Waals surface area contributed by atoms with Gasteiger partial charge in [0.15, 0.2) is 0 Å². The summed E-state index contributed by atoms with van der Waals surface area (Å²) in [6.45, 7) is 6.45. The van der Waals surface area contributed by atoms with Crippen LogP contribution in [0.15, 0.2) is 60.3 Å². The Hall–Kier alpha value is -1.75. The zero-order chi connectivity index (χ0) is 14.6. The first kappa shape index (κ1) is 14.7. The lowest BCUT2D eigenvalue weighted by Crippen LogP contribution is -1.96. The highest BCUT2D eigenvalue weighted by atomic mass is 35.5. The number of rotatable bonds is 2. The molecule has 0 spiro atoms. The van der Waals surface area contributed by atoms with Gasteiger partial charge in [0.1, 0.15) is 0 Å². The maximum absolute atomic E-state index is 6.51. The van der Waals surface area contributed by atoms with Crippen molar-refractivity contribution in [2.24, 2.45) is 5.41 Å². The van der Waals surface area contributed by atoms with Gasteiger partial charge in [0, 0.05) is 11.1 Å². The van der Waals surface area contributed by atoms with Crippen LogP contribution in [0.1, 0.15) is 26.3 Å². The van der Waals surface area contributed by atoms with Gasteiger partial charge in [-0.3, -0.25) is 0 Å². The second-order valence-corrected chi connectivity index (χ2v) is 6.27. The monoisotopic (exact) mass is 282 g/mol. The summed E-state index contributed by atoms with van der Waals surface area (Å²) >= 11 is 6.51. The van der Waals surface area contributed by atoms with E-state index in [0.717, 1.165) is 21.7 Å². The molecule has 0 aliphatic heterocycles. The summed E-state index contributed by atoms with van der Waals surface area (Å²) in [4.78, 5) is 0. The molecule has 0 saturated heterocycles. The van der Waals surface area contributed by atoms with Gasteiger partial charge in [0.25, 0.3) is 0 Å². The maximum Gasteiger partial charge on any atom is 0.0562 e. The fourth-order valence-electron chi connectivity index (χ4n) is 1.88. The van der Waals surface area contributed by atoms with Crippen molar-refractivity contribution in [3.05, 3.63) is 70.9 Å². The smallest absolute Gasteiger partial charge is 0.0562 e. The Kier molecular flexibility index (Phi) is 4.49. The fourth-order valence-corrected chi connectivity index (χ4v) is 2.17.